The Bertz CT molecular complexity index is 885. The minimum Gasteiger partial charge on any atom is -0.478 e. The van der Waals surface area contributed by atoms with Gasteiger partial charge in [-0.3, -0.25) is 0 Å². The molecule has 1 N–H and O–H groups in total. The van der Waals surface area contributed by atoms with Gasteiger partial charge in [0.15, 0.2) is 0 Å². The van der Waals surface area contributed by atoms with Gasteiger partial charge in [0.05, 0.1) is 11.0 Å². The third-order valence-electron chi connectivity index (χ3n) is 4.71. The molecule has 0 atom stereocenters. The van der Waals surface area contributed by atoms with Crippen molar-refractivity contribution < 1.29 is 9.90 Å². The first-order valence-corrected chi connectivity index (χ1v) is 7.90. The van der Waals surface area contributed by atoms with Gasteiger partial charge in [0.2, 0.25) is 0 Å². The molecule has 0 aromatic heterocycles. The van der Waals surface area contributed by atoms with E-state index in [4.69, 9.17) is 0 Å². The topological polar surface area (TPSA) is 37.3 Å². The lowest BCUT2D eigenvalue weighted by atomic mass is 9.67. The van der Waals surface area contributed by atoms with Crippen molar-refractivity contribution in [2.45, 2.75) is 5.41 Å². The van der Waals surface area contributed by atoms with Crippen LogP contribution in [0, 0.1) is 0 Å². The van der Waals surface area contributed by atoms with Crippen LogP contribution >= 0.6 is 0 Å². The highest BCUT2D eigenvalue weighted by Crippen LogP contribution is 2.51. The predicted molar refractivity (Wildman–Crippen MR) is 94.8 cm³/mol. The highest BCUT2D eigenvalue weighted by atomic mass is 16.4. The van der Waals surface area contributed by atoms with Gasteiger partial charge < -0.3 is 5.11 Å². The number of carbonyl (C=O) groups is 1. The first-order chi connectivity index (χ1) is 11.7. The zero-order valence-electron chi connectivity index (χ0n) is 13.0. The van der Waals surface area contributed by atoms with E-state index in [-0.39, 0.29) is 0 Å². The van der Waals surface area contributed by atoms with E-state index in [0.717, 1.165) is 22.3 Å². The molecule has 0 bridgehead atoms. The zero-order chi connectivity index (χ0) is 16.6. The van der Waals surface area contributed by atoms with Crippen molar-refractivity contribution >= 4 is 12.0 Å². The van der Waals surface area contributed by atoms with Gasteiger partial charge in [-0.15, -0.1) is 0 Å². The summed E-state index contributed by atoms with van der Waals surface area (Å²) < 4.78 is 0. The minimum atomic E-state index is -0.890. The second kappa shape index (κ2) is 5.50. The first kappa shape index (κ1) is 14.5. The van der Waals surface area contributed by atoms with Crippen LogP contribution in [-0.2, 0) is 10.2 Å². The summed E-state index contributed by atoms with van der Waals surface area (Å²) in [4.78, 5) is 12.2. The quantitative estimate of drug-likeness (QED) is 0.773. The molecule has 0 unspecified atom stereocenters. The van der Waals surface area contributed by atoms with Gasteiger partial charge in [-0.05, 0) is 28.3 Å². The molecule has 1 aliphatic rings. The molecule has 1 aliphatic carbocycles. The summed E-state index contributed by atoms with van der Waals surface area (Å²) in [6.07, 6.45) is 1.80. The third-order valence-corrected chi connectivity index (χ3v) is 4.71. The molecule has 24 heavy (non-hydrogen) atoms. The normalized spacial score (nSPS) is 14.8. The smallest absolute Gasteiger partial charge is 0.333 e. The van der Waals surface area contributed by atoms with Crippen molar-refractivity contribution in [2.24, 2.45) is 0 Å². The van der Waals surface area contributed by atoms with Gasteiger partial charge in [0.25, 0.3) is 0 Å². The number of carboxylic acids is 1. The number of hydrogen-bond donors (Lipinski definition) is 1. The van der Waals surface area contributed by atoms with Crippen molar-refractivity contribution in [1.82, 2.24) is 0 Å². The second-order valence-corrected chi connectivity index (χ2v) is 5.93. The standard InChI is InChI=1S/C22H16O2/c23-21(24)20-15-16-9-7-8-14-19(16)22(20,17-10-3-1-4-11-17)18-12-5-2-6-13-18/h1-15H,(H,23,24). The first-order valence-electron chi connectivity index (χ1n) is 7.90. The zero-order valence-corrected chi connectivity index (χ0v) is 13.0. The van der Waals surface area contributed by atoms with Crippen molar-refractivity contribution in [3.8, 4) is 0 Å². The van der Waals surface area contributed by atoms with E-state index in [2.05, 4.69) is 0 Å². The average molecular weight is 312 g/mol. The molecule has 3 aromatic rings. The Labute approximate surface area is 140 Å². The molecule has 2 nitrogen and oxygen atoms in total. The summed E-state index contributed by atoms with van der Waals surface area (Å²) in [5.74, 6) is -0.890. The van der Waals surface area contributed by atoms with Crippen LogP contribution in [-0.4, -0.2) is 11.1 Å². The number of benzene rings is 3. The van der Waals surface area contributed by atoms with Crippen molar-refractivity contribution in [2.75, 3.05) is 0 Å². The highest BCUT2D eigenvalue weighted by molar-refractivity contribution is 6.01. The van der Waals surface area contributed by atoms with Crippen LogP contribution in [0.3, 0.4) is 0 Å². The summed E-state index contributed by atoms with van der Waals surface area (Å²) in [6.45, 7) is 0. The number of carboxylic acid groups (broad SMARTS) is 1. The fraction of sp³-hybridized carbons (Fsp3) is 0.0455. The number of hydrogen-bond acceptors (Lipinski definition) is 1. The lowest BCUT2D eigenvalue weighted by Gasteiger charge is -2.34. The fourth-order valence-corrected chi connectivity index (χ4v) is 3.76. The molecule has 2 heteroatoms. The fourth-order valence-electron chi connectivity index (χ4n) is 3.76. The summed E-state index contributed by atoms with van der Waals surface area (Å²) in [7, 11) is 0. The van der Waals surface area contributed by atoms with E-state index in [0.29, 0.717) is 5.57 Å². The van der Waals surface area contributed by atoms with E-state index in [1.54, 1.807) is 6.08 Å². The van der Waals surface area contributed by atoms with E-state index < -0.39 is 11.4 Å². The third kappa shape index (κ3) is 1.93. The maximum atomic E-state index is 12.2. The molecular weight excluding hydrogens is 296 g/mol. The SMILES string of the molecule is O=C(O)C1=Cc2ccccc2C1(c1ccccc1)c1ccccc1. The van der Waals surface area contributed by atoms with Crippen molar-refractivity contribution in [3.63, 3.8) is 0 Å². The lowest BCUT2D eigenvalue weighted by molar-refractivity contribution is -0.133. The molecule has 0 amide bonds. The van der Waals surface area contributed by atoms with E-state index >= 15 is 0 Å². The minimum absolute atomic E-state index is 0.390. The molecule has 4 rings (SSSR count). The number of aliphatic carboxylic acids is 1. The lowest BCUT2D eigenvalue weighted by Crippen LogP contribution is -2.33. The van der Waals surface area contributed by atoms with Crippen LogP contribution in [0.4, 0.5) is 0 Å². The van der Waals surface area contributed by atoms with Gasteiger partial charge in [-0.1, -0.05) is 84.9 Å². The van der Waals surface area contributed by atoms with E-state index in [1.165, 1.54) is 0 Å². The van der Waals surface area contributed by atoms with Crippen LogP contribution < -0.4 is 0 Å². The second-order valence-electron chi connectivity index (χ2n) is 5.93. The van der Waals surface area contributed by atoms with Crippen LogP contribution in [0.1, 0.15) is 22.3 Å². The molecule has 0 radical (unpaired) electrons. The maximum absolute atomic E-state index is 12.2. The highest BCUT2D eigenvalue weighted by Gasteiger charge is 2.47. The summed E-state index contributed by atoms with van der Waals surface area (Å²) in [5.41, 5.74) is 3.51. The Morgan fingerprint density at radius 3 is 1.75 bits per heavy atom. The molecule has 0 saturated carbocycles. The Morgan fingerprint density at radius 1 is 0.708 bits per heavy atom. The Morgan fingerprint density at radius 2 is 1.21 bits per heavy atom. The van der Waals surface area contributed by atoms with Crippen molar-refractivity contribution in [3.05, 3.63) is 113 Å². The average Bonchev–Trinajstić information content (AvgIpc) is 3.00. The van der Waals surface area contributed by atoms with Crippen molar-refractivity contribution in [1.29, 1.82) is 0 Å². The Kier molecular flexibility index (Phi) is 3.31. The molecule has 3 aromatic carbocycles. The van der Waals surface area contributed by atoms with Gasteiger partial charge in [-0.2, -0.15) is 0 Å². The number of fused-ring (bicyclic) bond motifs is 1. The van der Waals surface area contributed by atoms with Gasteiger partial charge in [-0.25, -0.2) is 4.79 Å². The predicted octanol–water partition coefficient (Wildman–Crippen LogP) is 4.50. The monoisotopic (exact) mass is 312 g/mol. The van der Waals surface area contributed by atoms with Crippen LogP contribution in [0.15, 0.2) is 90.5 Å². The summed E-state index contributed by atoms with van der Waals surface area (Å²) >= 11 is 0. The Hall–Kier alpha value is -3.13. The maximum Gasteiger partial charge on any atom is 0.333 e. The summed E-state index contributed by atoms with van der Waals surface area (Å²) in [5, 5.41) is 9.98. The number of rotatable bonds is 3. The molecule has 0 aliphatic heterocycles. The summed E-state index contributed by atoms with van der Waals surface area (Å²) in [6, 6.07) is 27.7. The van der Waals surface area contributed by atoms with E-state index in [1.807, 2.05) is 84.9 Å². The van der Waals surface area contributed by atoms with Crippen LogP contribution in [0.2, 0.25) is 0 Å². The van der Waals surface area contributed by atoms with Gasteiger partial charge >= 0.3 is 5.97 Å². The molecule has 0 saturated heterocycles. The van der Waals surface area contributed by atoms with E-state index in [9.17, 15) is 9.90 Å². The van der Waals surface area contributed by atoms with Crippen LogP contribution in [0.5, 0.6) is 0 Å². The largest absolute Gasteiger partial charge is 0.478 e. The van der Waals surface area contributed by atoms with Gasteiger partial charge in [0, 0.05) is 0 Å². The Balaban J connectivity index is 2.14. The molecule has 0 spiro atoms. The van der Waals surface area contributed by atoms with Gasteiger partial charge in [0.1, 0.15) is 0 Å². The molecule has 0 heterocycles. The molecule has 116 valence electrons. The molecule has 0 fully saturated rings. The molecular formula is C22H16O2. The van der Waals surface area contributed by atoms with Crippen LogP contribution in [0.25, 0.3) is 6.08 Å².